The van der Waals surface area contributed by atoms with Crippen LogP contribution in [-0.2, 0) is 6.54 Å². The van der Waals surface area contributed by atoms with Gasteiger partial charge in [0.25, 0.3) is 0 Å². The fourth-order valence-corrected chi connectivity index (χ4v) is 1.60. The number of hydrogen-bond donors (Lipinski definition) is 0. The van der Waals surface area contributed by atoms with Crippen LogP contribution in [-0.4, -0.2) is 24.4 Å². The quantitative estimate of drug-likeness (QED) is 0.373. The molecular formula is C4H4N2O2Se. The van der Waals surface area contributed by atoms with Gasteiger partial charge in [0.1, 0.15) is 0 Å². The average Bonchev–Trinajstić information content (AvgIpc) is 2.15. The molecule has 0 aliphatic heterocycles. The zero-order chi connectivity index (χ0) is 6.69. The summed E-state index contributed by atoms with van der Waals surface area (Å²) in [5.41, 5.74) is 0.597. The van der Waals surface area contributed by atoms with Gasteiger partial charge in [-0.05, 0) is 0 Å². The van der Waals surface area contributed by atoms with Gasteiger partial charge in [0.15, 0.2) is 0 Å². The van der Waals surface area contributed by atoms with Gasteiger partial charge in [-0.2, -0.15) is 0 Å². The van der Waals surface area contributed by atoms with Gasteiger partial charge in [0.05, 0.1) is 0 Å². The summed E-state index contributed by atoms with van der Waals surface area (Å²) in [5.74, 6) is 0. The van der Waals surface area contributed by atoms with Crippen LogP contribution in [0.2, 0.25) is 0 Å². The first-order valence-electron chi connectivity index (χ1n) is 2.28. The first-order valence-corrected chi connectivity index (χ1v) is 4.25. The summed E-state index contributed by atoms with van der Waals surface area (Å²) in [6.45, 7) is -0.127. The van der Waals surface area contributed by atoms with E-state index in [0.29, 0.717) is 5.69 Å². The number of nitro groups is 1. The number of aromatic nitrogens is 1. The summed E-state index contributed by atoms with van der Waals surface area (Å²) < 4.78 is 0. The Morgan fingerprint density at radius 2 is 2.67 bits per heavy atom. The molecule has 0 bridgehead atoms. The molecule has 5 heteroatoms. The van der Waals surface area contributed by atoms with E-state index in [1.54, 1.807) is 5.07 Å². The van der Waals surface area contributed by atoms with Gasteiger partial charge >= 0.3 is 56.8 Å². The van der Waals surface area contributed by atoms with E-state index >= 15 is 0 Å². The van der Waals surface area contributed by atoms with Crippen LogP contribution in [0.5, 0.6) is 0 Å². The van der Waals surface area contributed by atoms with E-state index in [9.17, 15) is 10.1 Å². The van der Waals surface area contributed by atoms with Crippen molar-refractivity contribution in [3.05, 3.63) is 25.8 Å². The van der Waals surface area contributed by atoms with Crippen LogP contribution in [0, 0.1) is 10.1 Å². The second-order valence-electron chi connectivity index (χ2n) is 1.47. The fraction of sp³-hybridized carbons (Fsp3) is 0.250. The first kappa shape index (κ1) is 6.45. The molecule has 0 aliphatic carbocycles. The Kier molecular flexibility index (Phi) is 1.97. The van der Waals surface area contributed by atoms with Gasteiger partial charge in [-0.1, -0.05) is 0 Å². The molecule has 0 aromatic carbocycles. The molecule has 1 heterocycles. The molecule has 0 atom stereocenters. The van der Waals surface area contributed by atoms with Crippen LogP contribution >= 0.6 is 0 Å². The molecule has 1 aromatic heterocycles. The van der Waals surface area contributed by atoms with Crippen LogP contribution in [0.3, 0.4) is 0 Å². The standard InChI is InChI=1S/C4H4N2O2Se/c7-6(8)1-4-2-9-3-5-4/h2-3H,1H2. The predicted molar refractivity (Wildman–Crippen MR) is 31.9 cm³/mol. The molecular weight excluding hydrogens is 187 g/mol. The monoisotopic (exact) mass is 192 g/mol. The van der Waals surface area contributed by atoms with Gasteiger partial charge in [0, 0.05) is 0 Å². The van der Waals surface area contributed by atoms with Crippen molar-refractivity contribution in [1.82, 2.24) is 4.98 Å². The van der Waals surface area contributed by atoms with Crippen molar-refractivity contribution in [1.29, 1.82) is 0 Å². The molecule has 0 spiro atoms. The maximum atomic E-state index is 9.85. The molecule has 1 rings (SSSR count). The van der Waals surface area contributed by atoms with Gasteiger partial charge in [-0.3, -0.25) is 0 Å². The second-order valence-corrected chi connectivity index (χ2v) is 2.98. The molecule has 4 nitrogen and oxygen atoms in total. The summed E-state index contributed by atoms with van der Waals surface area (Å²) in [6, 6.07) is 0. The SMILES string of the molecule is O=[N+]([O-])Cc1c[se]cn1. The van der Waals surface area contributed by atoms with Crippen molar-refractivity contribution < 1.29 is 4.92 Å². The third-order valence-corrected chi connectivity index (χ3v) is 2.11. The molecule has 48 valence electrons. The third-order valence-electron chi connectivity index (χ3n) is 0.775. The summed E-state index contributed by atoms with van der Waals surface area (Å²) in [6.07, 6.45) is 0. The number of hydrogen-bond acceptors (Lipinski definition) is 3. The molecule has 0 aliphatic rings. The Morgan fingerprint density at radius 1 is 1.89 bits per heavy atom. The van der Waals surface area contributed by atoms with Gasteiger partial charge in [0.2, 0.25) is 0 Å². The zero-order valence-corrected chi connectivity index (χ0v) is 6.19. The van der Waals surface area contributed by atoms with Crippen molar-refractivity contribution in [3.8, 4) is 0 Å². The Labute approximate surface area is 57.4 Å². The predicted octanol–water partition coefficient (Wildman–Crippen LogP) is -0.0847. The summed E-state index contributed by atoms with van der Waals surface area (Å²) in [4.78, 5) is 15.1. The molecule has 0 saturated heterocycles. The second kappa shape index (κ2) is 2.75. The summed E-state index contributed by atoms with van der Waals surface area (Å²) >= 11 is 0.269. The average molecular weight is 191 g/mol. The first-order chi connectivity index (χ1) is 4.29. The van der Waals surface area contributed by atoms with E-state index in [4.69, 9.17) is 0 Å². The Hall–Kier alpha value is -0.671. The normalized spacial score (nSPS) is 9.33. The Balaban J connectivity index is 2.58. The van der Waals surface area contributed by atoms with Crippen LogP contribution in [0.15, 0.2) is 10.0 Å². The van der Waals surface area contributed by atoms with Crippen molar-refractivity contribution in [2.45, 2.75) is 6.54 Å². The van der Waals surface area contributed by atoms with E-state index in [1.807, 2.05) is 4.94 Å². The van der Waals surface area contributed by atoms with Crippen molar-refractivity contribution >= 4 is 14.5 Å². The maximum absolute atomic E-state index is 9.85. The summed E-state index contributed by atoms with van der Waals surface area (Å²) in [7, 11) is 0. The van der Waals surface area contributed by atoms with Crippen LogP contribution in [0.25, 0.3) is 0 Å². The van der Waals surface area contributed by atoms with E-state index in [1.165, 1.54) is 0 Å². The van der Waals surface area contributed by atoms with Crippen molar-refractivity contribution in [2.75, 3.05) is 0 Å². The molecule has 0 saturated carbocycles. The zero-order valence-electron chi connectivity index (χ0n) is 4.48. The van der Waals surface area contributed by atoms with Crippen LogP contribution < -0.4 is 0 Å². The van der Waals surface area contributed by atoms with E-state index in [-0.39, 0.29) is 26.0 Å². The van der Waals surface area contributed by atoms with E-state index in [2.05, 4.69) is 4.98 Å². The van der Waals surface area contributed by atoms with Gasteiger partial charge in [-0.15, -0.1) is 0 Å². The number of rotatable bonds is 2. The van der Waals surface area contributed by atoms with Gasteiger partial charge in [-0.25, -0.2) is 0 Å². The molecule has 0 N–H and O–H groups in total. The van der Waals surface area contributed by atoms with Gasteiger partial charge < -0.3 is 0 Å². The molecule has 0 unspecified atom stereocenters. The minimum atomic E-state index is -0.370. The Bertz CT molecular complexity index is 196. The molecule has 9 heavy (non-hydrogen) atoms. The topological polar surface area (TPSA) is 56.0 Å². The van der Waals surface area contributed by atoms with Crippen molar-refractivity contribution in [2.24, 2.45) is 0 Å². The van der Waals surface area contributed by atoms with E-state index in [0.717, 1.165) is 0 Å². The molecule has 1 aromatic rings. The molecule has 0 amide bonds. The minimum absolute atomic E-state index is 0.127. The fourth-order valence-electron chi connectivity index (χ4n) is 0.448. The van der Waals surface area contributed by atoms with Crippen molar-refractivity contribution in [3.63, 3.8) is 0 Å². The molecule has 0 fully saturated rings. The van der Waals surface area contributed by atoms with Crippen LogP contribution in [0.1, 0.15) is 5.69 Å². The Morgan fingerprint density at radius 3 is 3.11 bits per heavy atom. The molecule has 0 radical (unpaired) electrons. The van der Waals surface area contributed by atoms with Crippen LogP contribution in [0.4, 0.5) is 0 Å². The van der Waals surface area contributed by atoms with E-state index < -0.39 is 0 Å². The number of nitrogens with zero attached hydrogens (tertiary/aromatic N) is 2. The third kappa shape index (κ3) is 1.95. The summed E-state index contributed by atoms with van der Waals surface area (Å²) in [5, 5.41) is 11.6.